The van der Waals surface area contributed by atoms with Gasteiger partial charge in [0.1, 0.15) is 5.60 Å². The van der Waals surface area contributed by atoms with Crippen molar-refractivity contribution in [1.82, 2.24) is 4.90 Å². The largest absolute Gasteiger partial charge is 0.369 e. The van der Waals surface area contributed by atoms with E-state index in [2.05, 4.69) is 83.0 Å². The van der Waals surface area contributed by atoms with Crippen LogP contribution < -0.4 is 0 Å². The summed E-state index contributed by atoms with van der Waals surface area (Å²) in [6, 6.07) is 20.9. The Morgan fingerprint density at radius 3 is 1.88 bits per heavy atom. The molecule has 0 saturated heterocycles. The first-order chi connectivity index (χ1) is 11.1. The van der Waals surface area contributed by atoms with Crippen molar-refractivity contribution in [3.8, 4) is 0 Å². The van der Waals surface area contributed by atoms with Gasteiger partial charge in [-0.15, -0.1) is 12.4 Å². The topological polar surface area (TPSA) is 12.5 Å². The molecule has 2 aromatic carbocycles. The van der Waals surface area contributed by atoms with E-state index in [9.17, 15) is 0 Å². The number of methoxy groups -OCH3 is 1. The molecule has 0 spiro atoms. The van der Waals surface area contributed by atoms with Crippen LogP contribution in [0.25, 0.3) is 0 Å². The third kappa shape index (κ3) is 5.18. The molecule has 0 atom stereocenters. The minimum absolute atomic E-state index is 0. The zero-order valence-corrected chi connectivity index (χ0v) is 16.6. The normalized spacial score (nSPS) is 11.2. The lowest BCUT2D eigenvalue weighted by molar-refractivity contribution is 0.00854. The second-order valence-electron chi connectivity index (χ2n) is 5.77. The minimum atomic E-state index is -0.440. The Labute approximate surface area is 160 Å². The van der Waals surface area contributed by atoms with Crippen molar-refractivity contribution in [2.75, 3.05) is 27.2 Å². The highest BCUT2D eigenvalue weighted by Crippen LogP contribution is 2.36. The maximum absolute atomic E-state index is 6.10. The molecule has 24 heavy (non-hydrogen) atoms. The quantitative estimate of drug-likeness (QED) is 0.591. The van der Waals surface area contributed by atoms with E-state index in [1.54, 1.807) is 7.11 Å². The van der Waals surface area contributed by atoms with Gasteiger partial charge in [0, 0.05) is 24.7 Å². The molecule has 0 N–H and O–H groups in total. The van der Waals surface area contributed by atoms with E-state index in [0.29, 0.717) is 0 Å². The molecular formula is C20H25BrClNO. The van der Waals surface area contributed by atoms with E-state index in [0.717, 1.165) is 24.0 Å². The van der Waals surface area contributed by atoms with Gasteiger partial charge >= 0.3 is 0 Å². The summed E-state index contributed by atoms with van der Waals surface area (Å²) >= 11 is 3.43. The van der Waals surface area contributed by atoms with E-state index >= 15 is 0 Å². The Hall–Kier alpha value is -1.13. The number of likely N-dealkylation sites (N-methyl/N-ethyl adjacent to an activating group) is 1. The van der Waals surface area contributed by atoms with Gasteiger partial charge in [-0.2, -0.15) is 0 Å². The van der Waals surface area contributed by atoms with Crippen LogP contribution in [-0.2, 0) is 10.3 Å². The Morgan fingerprint density at radius 2 is 1.50 bits per heavy atom. The van der Waals surface area contributed by atoms with Crippen molar-refractivity contribution in [2.24, 2.45) is 0 Å². The molecule has 0 aliphatic heterocycles. The highest BCUT2D eigenvalue weighted by Gasteiger charge is 2.34. The monoisotopic (exact) mass is 409 g/mol. The van der Waals surface area contributed by atoms with Crippen LogP contribution >= 0.6 is 28.3 Å². The number of hydrogen-bond donors (Lipinski definition) is 0. The summed E-state index contributed by atoms with van der Waals surface area (Å²) in [5.74, 6) is 0. The number of hydrogen-bond acceptors (Lipinski definition) is 2. The van der Waals surface area contributed by atoms with E-state index in [-0.39, 0.29) is 12.4 Å². The van der Waals surface area contributed by atoms with Crippen molar-refractivity contribution < 1.29 is 4.74 Å². The third-order valence-corrected chi connectivity index (χ3v) is 4.37. The smallest absolute Gasteiger partial charge is 0.119 e. The Bertz CT molecular complexity index is 579. The van der Waals surface area contributed by atoms with Crippen molar-refractivity contribution in [3.63, 3.8) is 0 Å². The Morgan fingerprint density at radius 1 is 1.04 bits per heavy atom. The molecule has 0 bridgehead atoms. The van der Waals surface area contributed by atoms with Crippen LogP contribution in [0.15, 0.2) is 71.7 Å². The van der Waals surface area contributed by atoms with Crippen molar-refractivity contribution >= 4 is 28.3 Å². The molecule has 0 saturated carbocycles. The molecule has 0 amide bonds. The standard InChI is InChI=1S/C20H24BrNO.ClH/c1-17(21)16-22(2)15-14-20(23-3,18-10-6-4-7-11-18)19-12-8-5-9-13-19;/h4-13H,1,14-16H2,2-3H3;1H. The molecule has 2 nitrogen and oxygen atoms in total. The lowest BCUT2D eigenvalue weighted by Gasteiger charge is -2.35. The van der Waals surface area contributed by atoms with Gasteiger partial charge in [0.15, 0.2) is 0 Å². The molecule has 130 valence electrons. The molecule has 4 heteroatoms. The minimum Gasteiger partial charge on any atom is -0.369 e. The van der Waals surface area contributed by atoms with Gasteiger partial charge in [-0.1, -0.05) is 83.2 Å². The van der Waals surface area contributed by atoms with Gasteiger partial charge in [0.25, 0.3) is 0 Å². The summed E-state index contributed by atoms with van der Waals surface area (Å²) in [6.07, 6.45) is 0.869. The number of ether oxygens (including phenoxy) is 1. The first-order valence-electron chi connectivity index (χ1n) is 7.76. The van der Waals surface area contributed by atoms with Crippen molar-refractivity contribution in [3.05, 3.63) is 82.9 Å². The average Bonchev–Trinajstić information content (AvgIpc) is 2.57. The van der Waals surface area contributed by atoms with Crippen LogP contribution in [-0.4, -0.2) is 32.1 Å². The maximum atomic E-state index is 6.10. The number of nitrogens with zero attached hydrogens (tertiary/aromatic N) is 1. The summed E-state index contributed by atoms with van der Waals surface area (Å²) < 4.78 is 7.09. The SMILES string of the molecule is C=C(Br)CN(C)CCC(OC)(c1ccccc1)c1ccccc1.Cl. The fraction of sp³-hybridized carbons (Fsp3) is 0.300. The molecule has 0 aliphatic rings. The van der Waals surface area contributed by atoms with Crippen LogP contribution in [0.5, 0.6) is 0 Å². The van der Waals surface area contributed by atoms with Gasteiger partial charge in [0.2, 0.25) is 0 Å². The van der Waals surface area contributed by atoms with Crippen LogP contribution in [0.4, 0.5) is 0 Å². The summed E-state index contributed by atoms with van der Waals surface area (Å²) in [4.78, 5) is 2.25. The molecule has 0 aromatic heterocycles. The summed E-state index contributed by atoms with van der Waals surface area (Å²) in [6.45, 7) is 5.65. The molecule has 0 unspecified atom stereocenters. The molecule has 2 rings (SSSR count). The molecule has 0 fully saturated rings. The van der Waals surface area contributed by atoms with Crippen LogP contribution in [0.1, 0.15) is 17.5 Å². The van der Waals surface area contributed by atoms with E-state index in [1.807, 2.05) is 12.1 Å². The molecule has 2 aromatic rings. The summed E-state index contributed by atoms with van der Waals surface area (Å²) in [5, 5.41) is 0. The van der Waals surface area contributed by atoms with Gasteiger partial charge in [-0.05, 0) is 24.6 Å². The second kappa shape index (κ2) is 10.00. The maximum Gasteiger partial charge on any atom is 0.119 e. The van der Waals surface area contributed by atoms with Gasteiger partial charge in [-0.3, -0.25) is 0 Å². The number of rotatable bonds is 8. The lowest BCUT2D eigenvalue weighted by atomic mass is 9.83. The molecule has 0 heterocycles. The average molecular weight is 411 g/mol. The van der Waals surface area contributed by atoms with Crippen molar-refractivity contribution in [2.45, 2.75) is 12.0 Å². The highest BCUT2D eigenvalue weighted by atomic mass is 79.9. The van der Waals surface area contributed by atoms with Crippen molar-refractivity contribution in [1.29, 1.82) is 0 Å². The van der Waals surface area contributed by atoms with Crippen LogP contribution in [0.2, 0.25) is 0 Å². The first kappa shape index (κ1) is 20.9. The van der Waals surface area contributed by atoms with Crippen LogP contribution in [0, 0.1) is 0 Å². The Kier molecular flexibility index (Phi) is 8.71. The molecule has 0 aliphatic carbocycles. The van der Waals surface area contributed by atoms with E-state index < -0.39 is 5.60 Å². The summed E-state index contributed by atoms with van der Waals surface area (Å²) in [5.41, 5.74) is 1.92. The number of halogens is 2. The van der Waals surface area contributed by atoms with E-state index in [4.69, 9.17) is 4.74 Å². The van der Waals surface area contributed by atoms with Gasteiger partial charge in [0.05, 0.1) is 0 Å². The predicted octanol–water partition coefficient (Wildman–Crippen LogP) is 5.23. The fourth-order valence-electron chi connectivity index (χ4n) is 2.93. The lowest BCUT2D eigenvalue weighted by Crippen LogP contribution is -2.35. The zero-order chi connectivity index (χ0) is 16.7. The highest BCUT2D eigenvalue weighted by molar-refractivity contribution is 9.11. The first-order valence-corrected chi connectivity index (χ1v) is 8.56. The Balaban J connectivity index is 0.00000288. The number of benzene rings is 2. The predicted molar refractivity (Wildman–Crippen MR) is 108 cm³/mol. The third-order valence-electron chi connectivity index (χ3n) is 4.12. The van der Waals surface area contributed by atoms with Crippen LogP contribution in [0.3, 0.4) is 0 Å². The van der Waals surface area contributed by atoms with E-state index in [1.165, 1.54) is 11.1 Å². The fourth-order valence-corrected chi connectivity index (χ4v) is 3.36. The second-order valence-corrected chi connectivity index (χ2v) is 6.89. The van der Waals surface area contributed by atoms with Gasteiger partial charge < -0.3 is 9.64 Å². The van der Waals surface area contributed by atoms with Gasteiger partial charge in [-0.25, -0.2) is 0 Å². The molecule has 0 radical (unpaired) electrons. The molecular weight excluding hydrogens is 386 g/mol. The summed E-state index contributed by atoms with van der Waals surface area (Å²) in [7, 11) is 3.90. The zero-order valence-electron chi connectivity index (χ0n) is 14.2.